The van der Waals surface area contributed by atoms with Crippen molar-refractivity contribution >= 4 is 0 Å². The molecule has 0 aromatic heterocycles. The molecular formula is C23H37N. The Bertz CT molecular complexity index is 567. The molecule has 1 heteroatoms. The molecule has 2 N–H and O–H groups in total. The van der Waals surface area contributed by atoms with Crippen LogP contribution in [-0.4, -0.2) is 6.04 Å². The third kappa shape index (κ3) is 2.73. The van der Waals surface area contributed by atoms with E-state index in [1.807, 2.05) is 0 Å². The summed E-state index contributed by atoms with van der Waals surface area (Å²) in [6.45, 7) is 18.8. The highest BCUT2D eigenvalue weighted by Gasteiger charge is 2.54. The third-order valence-electron chi connectivity index (χ3n) is 8.26. The summed E-state index contributed by atoms with van der Waals surface area (Å²) in [6.07, 6.45) is 10.9. The van der Waals surface area contributed by atoms with Gasteiger partial charge in [-0.25, -0.2) is 0 Å². The topological polar surface area (TPSA) is 26.0 Å². The molecule has 0 aromatic carbocycles. The Morgan fingerprint density at radius 1 is 1.12 bits per heavy atom. The first-order valence-corrected chi connectivity index (χ1v) is 9.99. The molecule has 5 atom stereocenters. The van der Waals surface area contributed by atoms with Crippen molar-refractivity contribution in [3.63, 3.8) is 0 Å². The quantitative estimate of drug-likeness (QED) is 0.616. The van der Waals surface area contributed by atoms with E-state index in [0.29, 0.717) is 16.7 Å². The van der Waals surface area contributed by atoms with Crippen LogP contribution in [0.3, 0.4) is 0 Å². The standard InChI is InChI=1S/C23H37N/c1-15-7-11-20(24)18(15)9-10-19-16(2)8-12-21-22(4,5)17(3)13-14-23(19,21)6/h9,17,19-21H,1-2,7-8,10-14,24H2,3-6H3/b18-9-/t17-,19-,20-,21?,23+/m1/s1. The van der Waals surface area contributed by atoms with E-state index in [1.54, 1.807) is 0 Å². The molecule has 1 nitrogen and oxygen atoms in total. The van der Waals surface area contributed by atoms with Gasteiger partial charge in [0.05, 0.1) is 0 Å². The van der Waals surface area contributed by atoms with Crippen molar-refractivity contribution in [3.05, 3.63) is 36.0 Å². The van der Waals surface area contributed by atoms with Crippen LogP contribution in [-0.2, 0) is 0 Å². The molecule has 0 amide bonds. The van der Waals surface area contributed by atoms with E-state index < -0.39 is 0 Å². The summed E-state index contributed by atoms with van der Waals surface area (Å²) >= 11 is 0. The van der Waals surface area contributed by atoms with Crippen LogP contribution in [0, 0.1) is 28.6 Å². The van der Waals surface area contributed by atoms with E-state index in [4.69, 9.17) is 5.73 Å². The average Bonchev–Trinajstić information content (AvgIpc) is 2.82. The maximum absolute atomic E-state index is 6.29. The van der Waals surface area contributed by atoms with Gasteiger partial charge in [0.2, 0.25) is 0 Å². The minimum absolute atomic E-state index is 0.209. The molecule has 1 unspecified atom stereocenters. The lowest BCUT2D eigenvalue weighted by Crippen LogP contribution is -2.52. The van der Waals surface area contributed by atoms with Crippen LogP contribution in [0.15, 0.2) is 36.0 Å². The van der Waals surface area contributed by atoms with Crippen LogP contribution >= 0.6 is 0 Å². The predicted octanol–water partition coefficient (Wildman–Crippen LogP) is 6.03. The van der Waals surface area contributed by atoms with Crippen LogP contribution in [0.2, 0.25) is 0 Å². The number of hydrogen-bond donors (Lipinski definition) is 1. The van der Waals surface area contributed by atoms with E-state index in [1.165, 1.54) is 42.4 Å². The highest BCUT2D eigenvalue weighted by Crippen LogP contribution is 2.63. The molecule has 0 aliphatic heterocycles. The van der Waals surface area contributed by atoms with E-state index in [-0.39, 0.29) is 6.04 Å². The second-order valence-corrected chi connectivity index (χ2v) is 9.71. The van der Waals surface area contributed by atoms with Gasteiger partial charge in [0, 0.05) is 6.04 Å². The fourth-order valence-electron chi connectivity index (χ4n) is 6.22. The van der Waals surface area contributed by atoms with Crippen molar-refractivity contribution in [2.75, 3.05) is 0 Å². The van der Waals surface area contributed by atoms with Crippen LogP contribution in [0.1, 0.15) is 72.6 Å². The minimum atomic E-state index is 0.209. The Morgan fingerprint density at radius 2 is 1.83 bits per heavy atom. The molecule has 134 valence electrons. The normalized spacial score (nSPS) is 44.0. The largest absolute Gasteiger partial charge is 0.324 e. The van der Waals surface area contributed by atoms with Gasteiger partial charge in [-0.15, -0.1) is 0 Å². The van der Waals surface area contributed by atoms with Crippen molar-refractivity contribution < 1.29 is 0 Å². The lowest BCUT2D eigenvalue weighted by molar-refractivity contribution is -0.0819. The van der Waals surface area contributed by atoms with Crippen LogP contribution in [0.4, 0.5) is 0 Å². The van der Waals surface area contributed by atoms with Gasteiger partial charge >= 0.3 is 0 Å². The second kappa shape index (κ2) is 6.16. The Balaban J connectivity index is 1.87. The molecule has 0 heterocycles. The summed E-state index contributed by atoms with van der Waals surface area (Å²) in [5.41, 5.74) is 11.2. The molecule has 0 saturated heterocycles. The Morgan fingerprint density at radius 3 is 2.46 bits per heavy atom. The molecule has 0 radical (unpaired) electrons. The smallest absolute Gasteiger partial charge is 0.0297 e. The van der Waals surface area contributed by atoms with Crippen molar-refractivity contribution in [1.29, 1.82) is 0 Å². The number of rotatable bonds is 2. The van der Waals surface area contributed by atoms with Crippen LogP contribution in [0.25, 0.3) is 0 Å². The SMILES string of the molecule is C=C1CC[C@@H](N)/C1=C\C[C@@H]1C(=C)CCC2C(C)(C)[C@H](C)CC[C@]21C. The predicted molar refractivity (Wildman–Crippen MR) is 105 cm³/mol. The van der Waals surface area contributed by atoms with Crippen molar-refractivity contribution in [1.82, 2.24) is 0 Å². The van der Waals surface area contributed by atoms with Crippen molar-refractivity contribution in [2.45, 2.75) is 78.7 Å². The lowest BCUT2D eigenvalue weighted by atomic mass is 9.45. The molecule has 3 aliphatic rings. The van der Waals surface area contributed by atoms with Crippen LogP contribution < -0.4 is 5.73 Å². The number of hydrogen-bond acceptors (Lipinski definition) is 1. The van der Waals surface area contributed by atoms with Gasteiger partial charge in [-0.2, -0.15) is 0 Å². The first-order valence-electron chi connectivity index (χ1n) is 9.99. The minimum Gasteiger partial charge on any atom is -0.324 e. The van der Waals surface area contributed by atoms with Gasteiger partial charge in [0.25, 0.3) is 0 Å². The Kier molecular flexibility index (Phi) is 4.62. The molecule has 0 bridgehead atoms. The summed E-state index contributed by atoms with van der Waals surface area (Å²) in [5.74, 6) is 2.24. The zero-order valence-corrected chi connectivity index (χ0v) is 16.3. The first-order chi connectivity index (χ1) is 11.2. The van der Waals surface area contributed by atoms with Gasteiger partial charge < -0.3 is 5.73 Å². The van der Waals surface area contributed by atoms with E-state index in [2.05, 4.69) is 46.9 Å². The van der Waals surface area contributed by atoms with Crippen molar-refractivity contribution in [2.24, 2.45) is 34.3 Å². The van der Waals surface area contributed by atoms with E-state index >= 15 is 0 Å². The highest BCUT2D eigenvalue weighted by molar-refractivity contribution is 5.38. The maximum atomic E-state index is 6.29. The van der Waals surface area contributed by atoms with E-state index in [9.17, 15) is 0 Å². The van der Waals surface area contributed by atoms with Crippen molar-refractivity contribution in [3.8, 4) is 0 Å². The zero-order chi connectivity index (χ0) is 17.7. The third-order valence-corrected chi connectivity index (χ3v) is 8.26. The molecule has 24 heavy (non-hydrogen) atoms. The van der Waals surface area contributed by atoms with Gasteiger partial charge in [-0.1, -0.05) is 58.1 Å². The summed E-state index contributed by atoms with van der Waals surface area (Å²) < 4.78 is 0. The molecule has 3 rings (SSSR count). The molecule has 3 fully saturated rings. The number of allylic oxidation sites excluding steroid dienone is 2. The Hall–Kier alpha value is -0.820. The molecular weight excluding hydrogens is 290 g/mol. The molecule has 3 saturated carbocycles. The average molecular weight is 328 g/mol. The number of nitrogens with two attached hydrogens (primary N) is 1. The molecule has 3 aliphatic carbocycles. The maximum Gasteiger partial charge on any atom is 0.0297 e. The summed E-state index contributed by atoms with van der Waals surface area (Å²) in [5, 5.41) is 0. The molecule has 0 aromatic rings. The number of fused-ring (bicyclic) bond motifs is 1. The molecule has 0 spiro atoms. The fraction of sp³-hybridized carbons (Fsp3) is 0.739. The van der Waals surface area contributed by atoms with E-state index in [0.717, 1.165) is 31.1 Å². The first kappa shape index (κ1) is 18.0. The highest BCUT2D eigenvalue weighted by atomic mass is 14.7. The van der Waals surface area contributed by atoms with Gasteiger partial charge in [0.1, 0.15) is 0 Å². The van der Waals surface area contributed by atoms with Gasteiger partial charge in [-0.3, -0.25) is 0 Å². The fourth-order valence-corrected chi connectivity index (χ4v) is 6.22. The monoisotopic (exact) mass is 327 g/mol. The van der Waals surface area contributed by atoms with Gasteiger partial charge in [0.15, 0.2) is 0 Å². The second-order valence-electron chi connectivity index (χ2n) is 9.71. The zero-order valence-electron chi connectivity index (χ0n) is 16.3. The lowest BCUT2D eigenvalue weighted by Gasteiger charge is -2.60. The van der Waals surface area contributed by atoms with Gasteiger partial charge in [-0.05, 0) is 79.1 Å². The Labute approximate surface area is 149 Å². The summed E-state index contributed by atoms with van der Waals surface area (Å²) in [7, 11) is 0. The summed E-state index contributed by atoms with van der Waals surface area (Å²) in [6, 6.07) is 0.209. The summed E-state index contributed by atoms with van der Waals surface area (Å²) in [4.78, 5) is 0. The van der Waals surface area contributed by atoms with Crippen LogP contribution in [0.5, 0.6) is 0 Å².